The highest BCUT2D eigenvalue weighted by Crippen LogP contribution is 2.16. The van der Waals surface area contributed by atoms with Crippen molar-refractivity contribution in [2.75, 3.05) is 12.3 Å². The van der Waals surface area contributed by atoms with Crippen LogP contribution in [0, 0.1) is 0 Å². The first-order valence-corrected chi connectivity index (χ1v) is 4.13. The summed E-state index contributed by atoms with van der Waals surface area (Å²) in [4.78, 5) is 11.0. The summed E-state index contributed by atoms with van der Waals surface area (Å²) in [5.74, 6) is -0.305. The Labute approximate surface area is 68.8 Å². The molecule has 0 spiro atoms. The van der Waals surface area contributed by atoms with Crippen LogP contribution < -0.4 is 5.73 Å². The monoisotopic (exact) mass is 171 g/mol. The van der Waals surface area contributed by atoms with Gasteiger partial charge in [0.25, 0.3) is 0 Å². The van der Waals surface area contributed by atoms with Crippen LogP contribution in [0.1, 0.15) is 17.3 Å². The lowest BCUT2D eigenvalue weighted by Crippen LogP contribution is -2.02. The highest BCUT2D eigenvalue weighted by atomic mass is 32.1. The summed E-state index contributed by atoms with van der Waals surface area (Å²) in [7, 11) is 0. The zero-order valence-electron chi connectivity index (χ0n) is 6.16. The fourth-order valence-electron chi connectivity index (χ4n) is 0.674. The number of carbonyl (C=O) groups excluding carboxylic acids is 1. The van der Waals surface area contributed by atoms with Crippen molar-refractivity contribution in [3.63, 3.8) is 0 Å². The topological polar surface area (TPSA) is 52.3 Å². The molecule has 0 amide bonds. The van der Waals surface area contributed by atoms with E-state index >= 15 is 0 Å². The van der Waals surface area contributed by atoms with Crippen LogP contribution in [0.2, 0.25) is 0 Å². The van der Waals surface area contributed by atoms with E-state index in [1.165, 1.54) is 11.3 Å². The zero-order valence-corrected chi connectivity index (χ0v) is 6.98. The van der Waals surface area contributed by atoms with Crippen LogP contribution in [-0.4, -0.2) is 12.6 Å². The molecular formula is C7H9NO2S. The maximum absolute atomic E-state index is 11.0. The number of anilines is 1. The Kier molecular flexibility index (Phi) is 2.48. The van der Waals surface area contributed by atoms with Gasteiger partial charge in [-0.05, 0) is 13.0 Å². The average Bonchev–Trinajstić information content (AvgIpc) is 2.36. The van der Waals surface area contributed by atoms with Crippen LogP contribution in [0.25, 0.3) is 0 Å². The van der Waals surface area contributed by atoms with Gasteiger partial charge in [-0.3, -0.25) is 0 Å². The van der Waals surface area contributed by atoms with Crippen LogP contribution in [-0.2, 0) is 4.74 Å². The lowest BCUT2D eigenvalue weighted by Gasteiger charge is -1.96. The molecule has 1 heterocycles. The average molecular weight is 171 g/mol. The molecule has 60 valence electrons. The molecule has 3 nitrogen and oxygen atoms in total. The molecule has 0 radical (unpaired) electrons. The van der Waals surface area contributed by atoms with Crippen LogP contribution in [0.15, 0.2) is 11.4 Å². The number of nitrogen functional groups attached to an aromatic ring is 1. The Morgan fingerprint density at radius 2 is 2.55 bits per heavy atom. The van der Waals surface area contributed by atoms with E-state index in [9.17, 15) is 4.79 Å². The number of esters is 1. The molecule has 0 saturated heterocycles. The molecule has 0 aliphatic heterocycles. The number of nitrogens with two attached hydrogens (primary N) is 1. The van der Waals surface area contributed by atoms with Gasteiger partial charge in [0, 0.05) is 5.38 Å². The first kappa shape index (κ1) is 8.07. The predicted molar refractivity (Wildman–Crippen MR) is 44.7 cm³/mol. The molecule has 0 bridgehead atoms. The van der Waals surface area contributed by atoms with Crippen LogP contribution in [0.3, 0.4) is 0 Å². The molecule has 0 fully saturated rings. The molecular weight excluding hydrogens is 162 g/mol. The maximum atomic E-state index is 11.0. The summed E-state index contributed by atoms with van der Waals surface area (Å²) >= 11 is 1.34. The number of carbonyl (C=O) groups is 1. The highest BCUT2D eigenvalue weighted by Gasteiger charge is 2.06. The quantitative estimate of drug-likeness (QED) is 0.686. The number of hydrogen-bond acceptors (Lipinski definition) is 4. The number of thiophene rings is 1. The summed E-state index contributed by atoms with van der Waals surface area (Å²) in [5, 5.41) is 2.32. The normalized spacial score (nSPS) is 9.55. The van der Waals surface area contributed by atoms with Gasteiger partial charge in [0.05, 0.1) is 17.2 Å². The largest absolute Gasteiger partial charge is 0.462 e. The third kappa shape index (κ3) is 1.94. The van der Waals surface area contributed by atoms with E-state index in [1.54, 1.807) is 18.4 Å². The molecule has 11 heavy (non-hydrogen) atoms. The van der Waals surface area contributed by atoms with Gasteiger partial charge >= 0.3 is 5.97 Å². The van der Waals surface area contributed by atoms with Gasteiger partial charge in [0.15, 0.2) is 0 Å². The van der Waals surface area contributed by atoms with Gasteiger partial charge in [-0.25, -0.2) is 4.79 Å². The summed E-state index contributed by atoms with van der Waals surface area (Å²) in [6.07, 6.45) is 0. The Bertz CT molecular complexity index is 257. The molecule has 1 aromatic heterocycles. The summed E-state index contributed by atoms with van der Waals surface area (Å²) in [6.45, 7) is 2.17. The third-order valence-corrected chi connectivity index (χ3v) is 1.89. The van der Waals surface area contributed by atoms with Crippen molar-refractivity contribution < 1.29 is 9.53 Å². The van der Waals surface area contributed by atoms with Crippen molar-refractivity contribution in [3.8, 4) is 0 Å². The lowest BCUT2D eigenvalue weighted by molar-refractivity contribution is 0.0527. The van der Waals surface area contributed by atoms with Crippen molar-refractivity contribution in [2.24, 2.45) is 0 Å². The molecule has 0 aliphatic carbocycles. The number of ether oxygens (including phenoxy) is 1. The second-order valence-electron chi connectivity index (χ2n) is 1.96. The van der Waals surface area contributed by atoms with Crippen LogP contribution in [0.5, 0.6) is 0 Å². The third-order valence-electron chi connectivity index (χ3n) is 1.13. The summed E-state index contributed by atoms with van der Waals surface area (Å²) in [5.41, 5.74) is 5.96. The van der Waals surface area contributed by atoms with Gasteiger partial charge < -0.3 is 10.5 Å². The van der Waals surface area contributed by atoms with Crippen molar-refractivity contribution >= 4 is 22.3 Å². The summed E-state index contributed by atoms with van der Waals surface area (Å²) < 4.78 is 4.75. The second-order valence-corrected chi connectivity index (χ2v) is 2.90. The number of rotatable bonds is 2. The van der Waals surface area contributed by atoms with E-state index in [0.29, 0.717) is 17.2 Å². The standard InChI is InChI=1S/C7H9NO2S/c1-2-10-7(9)5-3-6(8)11-4-5/h3-4H,2,8H2,1H3. The van der Waals surface area contributed by atoms with Crippen molar-refractivity contribution in [1.29, 1.82) is 0 Å². The summed E-state index contributed by atoms with van der Waals surface area (Å²) in [6, 6.07) is 1.61. The molecule has 0 unspecified atom stereocenters. The minimum atomic E-state index is -0.305. The predicted octanol–water partition coefficient (Wildman–Crippen LogP) is 1.51. The van der Waals surface area contributed by atoms with Gasteiger partial charge in [-0.15, -0.1) is 11.3 Å². The SMILES string of the molecule is CCOC(=O)c1csc(N)c1. The first-order valence-electron chi connectivity index (χ1n) is 3.25. The Morgan fingerprint density at radius 3 is 3.00 bits per heavy atom. The molecule has 4 heteroatoms. The lowest BCUT2D eigenvalue weighted by atomic mass is 10.3. The number of hydrogen-bond donors (Lipinski definition) is 1. The van der Waals surface area contributed by atoms with E-state index in [2.05, 4.69) is 0 Å². The first-order chi connectivity index (χ1) is 5.24. The van der Waals surface area contributed by atoms with Gasteiger partial charge in [0.2, 0.25) is 0 Å². The van der Waals surface area contributed by atoms with E-state index in [4.69, 9.17) is 10.5 Å². The molecule has 0 aromatic carbocycles. The van der Waals surface area contributed by atoms with E-state index < -0.39 is 0 Å². The van der Waals surface area contributed by atoms with E-state index in [1.807, 2.05) is 0 Å². The van der Waals surface area contributed by atoms with Crippen LogP contribution >= 0.6 is 11.3 Å². The highest BCUT2D eigenvalue weighted by molar-refractivity contribution is 7.14. The van der Waals surface area contributed by atoms with Crippen molar-refractivity contribution in [2.45, 2.75) is 6.92 Å². The second kappa shape index (κ2) is 3.39. The molecule has 1 aromatic rings. The fourth-order valence-corrected chi connectivity index (χ4v) is 1.30. The minimum absolute atomic E-state index is 0.305. The molecule has 2 N–H and O–H groups in total. The van der Waals surface area contributed by atoms with Gasteiger partial charge in [-0.1, -0.05) is 0 Å². The van der Waals surface area contributed by atoms with Crippen molar-refractivity contribution in [3.05, 3.63) is 17.0 Å². The molecule has 0 saturated carbocycles. The Hall–Kier alpha value is -1.03. The van der Waals surface area contributed by atoms with E-state index in [-0.39, 0.29) is 5.97 Å². The molecule has 1 rings (SSSR count). The molecule has 0 aliphatic rings. The van der Waals surface area contributed by atoms with Crippen molar-refractivity contribution in [1.82, 2.24) is 0 Å². The Morgan fingerprint density at radius 1 is 1.82 bits per heavy atom. The smallest absolute Gasteiger partial charge is 0.339 e. The van der Waals surface area contributed by atoms with E-state index in [0.717, 1.165) is 0 Å². The maximum Gasteiger partial charge on any atom is 0.339 e. The zero-order chi connectivity index (χ0) is 8.27. The van der Waals surface area contributed by atoms with Crippen LogP contribution in [0.4, 0.5) is 5.00 Å². The minimum Gasteiger partial charge on any atom is -0.462 e. The molecule has 0 atom stereocenters. The Balaban J connectivity index is 2.69. The van der Waals surface area contributed by atoms with Gasteiger partial charge in [0.1, 0.15) is 0 Å². The fraction of sp³-hybridized carbons (Fsp3) is 0.286. The van der Waals surface area contributed by atoms with Gasteiger partial charge in [-0.2, -0.15) is 0 Å².